The fourth-order valence-electron chi connectivity index (χ4n) is 2.90. The lowest BCUT2D eigenvalue weighted by Crippen LogP contribution is -2.36. The molecule has 1 aromatic carbocycles. The number of halogens is 1. The number of cyclic esters (lactones) is 1. The van der Waals surface area contributed by atoms with Crippen LogP contribution in [0.5, 0.6) is 0 Å². The van der Waals surface area contributed by atoms with Gasteiger partial charge in [0.25, 0.3) is 5.91 Å². The predicted molar refractivity (Wildman–Crippen MR) is 98.2 cm³/mol. The first-order valence-corrected chi connectivity index (χ1v) is 9.22. The second kappa shape index (κ2) is 8.39. The summed E-state index contributed by atoms with van der Waals surface area (Å²) in [6, 6.07) is 4.78. The summed E-state index contributed by atoms with van der Waals surface area (Å²) >= 11 is 6.10. The van der Waals surface area contributed by atoms with Crippen LogP contribution in [-0.2, 0) is 25.5 Å². The first-order chi connectivity index (χ1) is 13.5. The lowest BCUT2D eigenvalue weighted by molar-refractivity contribution is -0.144. The number of aryl methyl sites for hydroxylation is 1. The lowest BCUT2D eigenvalue weighted by Gasteiger charge is -2.17. The summed E-state index contributed by atoms with van der Waals surface area (Å²) < 4.78 is 11.6. The Hall–Kier alpha value is -2.94. The number of benzene rings is 1. The molecule has 148 valence electrons. The van der Waals surface area contributed by atoms with Gasteiger partial charge in [0, 0.05) is 10.6 Å². The van der Waals surface area contributed by atoms with Gasteiger partial charge in [-0.3, -0.25) is 9.59 Å². The van der Waals surface area contributed by atoms with Crippen molar-refractivity contribution in [3.8, 4) is 5.69 Å². The van der Waals surface area contributed by atoms with Gasteiger partial charge in [-0.1, -0.05) is 30.2 Å². The van der Waals surface area contributed by atoms with Crippen LogP contribution in [0, 0.1) is 0 Å². The summed E-state index contributed by atoms with van der Waals surface area (Å²) in [5.74, 6) is -1.98. The van der Waals surface area contributed by atoms with Crippen molar-refractivity contribution in [3.05, 3.63) is 40.2 Å². The average molecular weight is 407 g/mol. The molecule has 2 heterocycles. The standard InChI is InChI=1S/C18H19ClN4O5/c1-3-5-12-15-18(26)28-16(17(25)20-9-14(24)27-4-2)11-8-10(19)6-7-13(11)23(15)22-21-12/h6-8,16H,3-5,9H2,1-2H3,(H,20,25). The van der Waals surface area contributed by atoms with Crippen molar-refractivity contribution in [2.24, 2.45) is 0 Å². The van der Waals surface area contributed by atoms with Crippen LogP contribution >= 0.6 is 11.6 Å². The third-order valence-corrected chi connectivity index (χ3v) is 4.33. The number of nitrogens with zero attached hydrogens (tertiary/aromatic N) is 3. The van der Waals surface area contributed by atoms with Crippen molar-refractivity contribution < 1.29 is 23.9 Å². The zero-order chi connectivity index (χ0) is 20.3. The smallest absolute Gasteiger partial charge is 0.360 e. The van der Waals surface area contributed by atoms with Gasteiger partial charge in [0.1, 0.15) is 6.54 Å². The van der Waals surface area contributed by atoms with Crippen LogP contribution in [0.25, 0.3) is 5.69 Å². The maximum absolute atomic E-state index is 12.7. The number of rotatable bonds is 6. The number of hydrogen-bond donors (Lipinski definition) is 1. The molecule has 1 N–H and O–H groups in total. The van der Waals surface area contributed by atoms with E-state index in [9.17, 15) is 14.4 Å². The van der Waals surface area contributed by atoms with Crippen LogP contribution in [0.1, 0.15) is 48.1 Å². The fraction of sp³-hybridized carbons (Fsp3) is 0.389. The van der Waals surface area contributed by atoms with Crippen LogP contribution in [0.3, 0.4) is 0 Å². The van der Waals surface area contributed by atoms with Gasteiger partial charge in [0.15, 0.2) is 5.69 Å². The maximum atomic E-state index is 12.7. The normalized spacial score (nSPS) is 15.1. The van der Waals surface area contributed by atoms with Gasteiger partial charge in [-0.15, -0.1) is 5.10 Å². The Balaban J connectivity index is 1.99. The molecule has 1 amide bonds. The molecule has 1 atom stereocenters. The molecule has 3 rings (SSSR count). The number of ether oxygens (including phenoxy) is 2. The molecule has 0 saturated heterocycles. The van der Waals surface area contributed by atoms with Crippen LogP contribution in [-0.4, -0.2) is 46.0 Å². The fourth-order valence-corrected chi connectivity index (χ4v) is 3.09. The predicted octanol–water partition coefficient (Wildman–Crippen LogP) is 1.76. The van der Waals surface area contributed by atoms with E-state index < -0.39 is 23.9 Å². The van der Waals surface area contributed by atoms with Gasteiger partial charge in [-0.25, -0.2) is 9.48 Å². The molecule has 0 fully saturated rings. The molecule has 1 aliphatic rings. The van der Waals surface area contributed by atoms with E-state index in [1.807, 2.05) is 6.92 Å². The number of amides is 1. The lowest BCUT2D eigenvalue weighted by atomic mass is 10.1. The van der Waals surface area contributed by atoms with Crippen molar-refractivity contribution >= 4 is 29.4 Å². The van der Waals surface area contributed by atoms with Crippen LogP contribution < -0.4 is 5.32 Å². The molecule has 10 heteroatoms. The number of fused-ring (bicyclic) bond motifs is 3. The third-order valence-electron chi connectivity index (χ3n) is 4.10. The third kappa shape index (κ3) is 3.84. The number of nitrogens with one attached hydrogen (secondary N) is 1. The van der Waals surface area contributed by atoms with Crippen molar-refractivity contribution in [3.63, 3.8) is 0 Å². The quantitative estimate of drug-likeness (QED) is 0.727. The van der Waals surface area contributed by atoms with E-state index in [4.69, 9.17) is 21.1 Å². The van der Waals surface area contributed by atoms with Crippen LogP contribution in [0.15, 0.2) is 18.2 Å². The van der Waals surface area contributed by atoms with E-state index in [0.29, 0.717) is 28.4 Å². The summed E-state index contributed by atoms with van der Waals surface area (Å²) in [6.45, 7) is 3.46. The van der Waals surface area contributed by atoms with E-state index in [1.165, 1.54) is 10.7 Å². The average Bonchev–Trinajstić information content (AvgIpc) is 3.03. The second-order valence-electron chi connectivity index (χ2n) is 6.06. The SMILES string of the molecule is CCCc1nnn2c1C(=O)OC(C(=O)NCC(=O)OCC)c1cc(Cl)ccc1-2. The van der Waals surface area contributed by atoms with Crippen LogP contribution in [0.4, 0.5) is 0 Å². The van der Waals surface area contributed by atoms with Gasteiger partial charge in [0.2, 0.25) is 6.10 Å². The second-order valence-corrected chi connectivity index (χ2v) is 6.49. The molecule has 28 heavy (non-hydrogen) atoms. The van der Waals surface area contributed by atoms with Gasteiger partial charge in [0.05, 0.1) is 18.0 Å². The number of aromatic nitrogens is 3. The minimum atomic E-state index is -1.30. The van der Waals surface area contributed by atoms with Crippen LogP contribution in [0.2, 0.25) is 5.02 Å². The van der Waals surface area contributed by atoms with Gasteiger partial charge < -0.3 is 14.8 Å². The monoisotopic (exact) mass is 406 g/mol. The maximum Gasteiger partial charge on any atom is 0.360 e. The van der Waals surface area contributed by atoms with E-state index in [2.05, 4.69) is 15.6 Å². The largest absolute Gasteiger partial charge is 0.465 e. The Morgan fingerprint density at radius 2 is 2.14 bits per heavy atom. The summed E-state index contributed by atoms with van der Waals surface area (Å²) in [6.07, 6.45) is -0.00463. The zero-order valence-corrected chi connectivity index (χ0v) is 16.2. The molecule has 9 nitrogen and oxygen atoms in total. The summed E-state index contributed by atoms with van der Waals surface area (Å²) in [5.41, 5.74) is 1.46. The molecule has 1 aliphatic heterocycles. The summed E-state index contributed by atoms with van der Waals surface area (Å²) in [7, 11) is 0. The minimum absolute atomic E-state index is 0.172. The molecule has 0 radical (unpaired) electrons. The Morgan fingerprint density at radius 3 is 2.86 bits per heavy atom. The highest BCUT2D eigenvalue weighted by molar-refractivity contribution is 6.30. The van der Waals surface area contributed by atoms with E-state index in [1.54, 1.807) is 19.1 Å². The molecule has 0 bridgehead atoms. The van der Waals surface area contributed by atoms with Gasteiger partial charge in [-0.2, -0.15) is 0 Å². The van der Waals surface area contributed by atoms with E-state index in [-0.39, 0.29) is 18.8 Å². The van der Waals surface area contributed by atoms with Crippen molar-refractivity contribution in [1.29, 1.82) is 0 Å². The number of carbonyl (C=O) groups is 3. The minimum Gasteiger partial charge on any atom is -0.465 e. The Kier molecular flexibility index (Phi) is 5.93. The zero-order valence-electron chi connectivity index (χ0n) is 15.4. The molecule has 0 saturated carbocycles. The highest BCUT2D eigenvalue weighted by Gasteiger charge is 2.36. The Morgan fingerprint density at radius 1 is 1.36 bits per heavy atom. The first kappa shape index (κ1) is 19.8. The van der Waals surface area contributed by atoms with E-state index in [0.717, 1.165) is 6.42 Å². The molecule has 0 aliphatic carbocycles. The molecular weight excluding hydrogens is 388 g/mol. The van der Waals surface area contributed by atoms with Crippen molar-refractivity contribution in [2.45, 2.75) is 32.8 Å². The van der Waals surface area contributed by atoms with Crippen molar-refractivity contribution in [2.75, 3.05) is 13.2 Å². The molecular formula is C18H19ClN4O5. The van der Waals surface area contributed by atoms with Gasteiger partial charge >= 0.3 is 11.9 Å². The highest BCUT2D eigenvalue weighted by atomic mass is 35.5. The van der Waals surface area contributed by atoms with Crippen molar-refractivity contribution in [1.82, 2.24) is 20.3 Å². The number of hydrogen-bond acceptors (Lipinski definition) is 7. The summed E-state index contributed by atoms with van der Waals surface area (Å²) in [5, 5.41) is 10.9. The number of esters is 2. The molecule has 1 unspecified atom stereocenters. The molecule has 1 aromatic heterocycles. The first-order valence-electron chi connectivity index (χ1n) is 8.85. The topological polar surface area (TPSA) is 112 Å². The van der Waals surface area contributed by atoms with Gasteiger partial charge in [-0.05, 0) is 31.5 Å². The Labute approximate surface area is 165 Å². The van der Waals surface area contributed by atoms with E-state index >= 15 is 0 Å². The summed E-state index contributed by atoms with van der Waals surface area (Å²) in [4.78, 5) is 36.9. The molecule has 0 spiro atoms. The highest BCUT2D eigenvalue weighted by Crippen LogP contribution is 2.33. The Bertz CT molecular complexity index is 927. The number of carbonyl (C=O) groups excluding carboxylic acids is 3. The molecule has 2 aromatic rings.